The summed E-state index contributed by atoms with van der Waals surface area (Å²) in [7, 11) is 0. The summed E-state index contributed by atoms with van der Waals surface area (Å²) in [6, 6.07) is 13.2. The van der Waals surface area contributed by atoms with Crippen molar-refractivity contribution in [3.05, 3.63) is 77.0 Å². The Morgan fingerprint density at radius 2 is 1.90 bits per heavy atom. The molecule has 2 aliphatic rings. The lowest BCUT2D eigenvalue weighted by Gasteiger charge is -2.23. The molecule has 4 nitrogen and oxygen atoms in total. The van der Waals surface area contributed by atoms with Gasteiger partial charge in [0.25, 0.3) is 0 Å². The van der Waals surface area contributed by atoms with Crippen LogP contribution in [0.2, 0.25) is 0 Å². The average Bonchev–Trinajstić information content (AvgIpc) is 3.01. The highest BCUT2D eigenvalue weighted by molar-refractivity contribution is 5.81. The lowest BCUT2D eigenvalue weighted by atomic mass is 9.95. The summed E-state index contributed by atoms with van der Waals surface area (Å²) in [6.07, 6.45) is 12.3. The molecule has 1 aliphatic carbocycles. The highest BCUT2D eigenvalue weighted by Crippen LogP contribution is 2.28. The molecule has 0 saturated heterocycles. The van der Waals surface area contributed by atoms with Gasteiger partial charge in [-0.2, -0.15) is 0 Å². The van der Waals surface area contributed by atoms with Crippen molar-refractivity contribution in [2.24, 2.45) is 4.99 Å². The maximum Gasteiger partial charge on any atom is 0.126 e. The number of aromatic nitrogens is 1. The molecular weight excluding hydrogens is 387 g/mol. The Kier molecular flexibility index (Phi) is 7.13. The van der Waals surface area contributed by atoms with Crippen LogP contribution in [0.15, 0.2) is 64.9 Å². The second-order valence-electron chi connectivity index (χ2n) is 8.29. The molecule has 1 fully saturated rings. The molecule has 0 atom stereocenters. The van der Waals surface area contributed by atoms with E-state index in [1.54, 1.807) is 12.1 Å². The summed E-state index contributed by atoms with van der Waals surface area (Å²) in [5, 5.41) is 6.98. The largest absolute Gasteiger partial charge is 0.367 e. The first-order chi connectivity index (χ1) is 15.2. The van der Waals surface area contributed by atoms with E-state index in [1.807, 2.05) is 24.4 Å². The van der Waals surface area contributed by atoms with Gasteiger partial charge in [-0.1, -0.05) is 50.0 Å². The standard InChI is InChI=1S/C26H31FN4/c1-2-20-14-15-28-26(30-22-10-4-3-5-11-22)17-23(20)24-12-7-13-25(31-24)29-18-19-8-6-9-21(27)16-19/h6-9,12-13,15-17,22,30H,2-5,10-11,14,18H2,1H3,(H,29,31). The van der Waals surface area contributed by atoms with Gasteiger partial charge < -0.3 is 10.6 Å². The number of halogens is 1. The lowest BCUT2D eigenvalue weighted by molar-refractivity contribution is 0.396. The van der Waals surface area contributed by atoms with Gasteiger partial charge in [-0.25, -0.2) is 14.4 Å². The van der Waals surface area contributed by atoms with Crippen LogP contribution in [0.5, 0.6) is 0 Å². The topological polar surface area (TPSA) is 49.3 Å². The van der Waals surface area contributed by atoms with E-state index in [-0.39, 0.29) is 5.82 Å². The van der Waals surface area contributed by atoms with Crippen molar-refractivity contribution in [2.75, 3.05) is 5.32 Å². The first kappa shape index (κ1) is 21.3. The van der Waals surface area contributed by atoms with Crippen molar-refractivity contribution in [1.82, 2.24) is 10.3 Å². The molecule has 162 valence electrons. The van der Waals surface area contributed by atoms with Gasteiger partial charge in [-0.05, 0) is 55.2 Å². The van der Waals surface area contributed by atoms with E-state index in [1.165, 1.54) is 43.7 Å². The average molecular weight is 419 g/mol. The van der Waals surface area contributed by atoms with E-state index in [0.29, 0.717) is 12.6 Å². The first-order valence-electron chi connectivity index (χ1n) is 11.4. The summed E-state index contributed by atoms with van der Waals surface area (Å²) in [6.45, 7) is 2.71. The summed E-state index contributed by atoms with van der Waals surface area (Å²) in [4.78, 5) is 9.57. The molecular formula is C26H31FN4. The number of hydrogen-bond acceptors (Lipinski definition) is 4. The fraction of sp³-hybridized carbons (Fsp3) is 0.385. The summed E-state index contributed by atoms with van der Waals surface area (Å²) < 4.78 is 13.5. The third-order valence-corrected chi connectivity index (χ3v) is 6.00. The number of hydrogen-bond donors (Lipinski definition) is 2. The smallest absolute Gasteiger partial charge is 0.126 e. The Hall–Kier alpha value is -2.95. The molecule has 31 heavy (non-hydrogen) atoms. The summed E-state index contributed by atoms with van der Waals surface area (Å²) in [5.41, 5.74) is 4.31. The molecule has 1 aromatic heterocycles. The zero-order valence-electron chi connectivity index (χ0n) is 18.2. The maximum absolute atomic E-state index is 13.5. The van der Waals surface area contributed by atoms with Gasteiger partial charge >= 0.3 is 0 Å². The molecule has 0 amide bonds. The third-order valence-electron chi connectivity index (χ3n) is 6.00. The normalized spacial score (nSPS) is 17.3. The molecule has 0 radical (unpaired) electrons. The minimum Gasteiger partial charge on any atom is -0.367 e. The minimum atomic E-state index is -0.222. The molecule has 0 bridgehead atoms. The number of aliphatic imine (C=N–C) groups is 1. The molecule has 4 rings (SSSR count). The Balaban J connectivity index is 1.54. The second kappa shape index (κ2) is 10.4. The molecule has 2 aromatic rings. The second-order valence-corrected chi connectivity index (χ2v) is 8.29. The van der Waals surface area contributed by atoms with E-state index >= 15 is 0 Å². The molecule has 2 N–H and O–H groups in total. The van der Waals surface area contributed by atoms with Gasteiger partial charge in [0.2, 0.25) is 0 Å². The van der Waals surface area contributed by atoms with Gasteiger partial charge in [0.15, 0.2) is 0 Å². The van der Waals surface area contributed by atoms with Crippen LogP contribution < -0.4 is 10.6 Å². The number of allylic oxidation sites excluding steroid dienone is 3. The van der Waals surface area contributed by atoms with Gasteiger partial charge in [0.05, 0.1) is 5.69 Å². The van der Waals surface area contributed by atoms with Crippen LogP contribution in [0.3, 0.4) is 0 Å². The van der Waals surface area contributed by atoms with E-state index in [0.717, 1.165) is 41.3 Å². The van der Waals surface area contributed by atoms with Crippen LogP contribution in [0.25, 0.3) is 5.57 Å². The fourth-order valence-corrected chi connectivity index (χ4v) is 4.29. The number of nitrogens with zero attached hydrogens (tertiary/aromatic N) is 2. The number of nitrogens with one attached hydrogen (secondary N) is 2. The van der Waals surface area contributed by atoms with Crippen molar-refractivity contribution in [3.63, 3.8) is 0 Å². The van der Waals surface area contributed by atoms with E-state index in [4.69, 9.17) is 9.98 Å². The fourth-order valence-electron chi connectivity index (χ4n) is 4.29. The van der Waals surface area contributed by atoms with Crippen molar-refractivity contribution in [2.45, 2.75) is 64.5 Å². The predicted molar refractivity (Wildman–Crippen MR) is 126 cm³/mol. The van der Waals surface area contributed by atoms with Gasteiger partial charge in [0, 0.05) is 30.8 Å². The molecule has 2 heterocycles. The lowest BCUT2D eigenvalue weighted by Crippen LogP contribution is -2.29. The Bertz CT molecular complexity index is 986. The van der Waals surface area contributed by atoms with Crippen molar-refractivity contribution in [1.29, 1.82) is 0 Å². The van der Waals surface area contributed by atoms with E-state index in [2.05, 4.69) is 29.7 Å². The van der Waals surface area contributed by atoms with Crippen LogP contribution in [0.4, 0.5) is 10.2 Å². The van der Waals surface area contributed by atoms with E-state index in [9.17, 15) is 4.39 Å². The molecule has 1 aliphatic heterocycles. The number of rotatable bonds is 7. The Labute approximate surface area is 184 Å². The highest BCUT2D eigenvalue weighted by atomic mass is 19.1. The number of anilines is 1. The summed E-state index contributed by atoms with van der Waals surface area (Å²) >= 11 is 0. The molecule has 1 saturated carbocycles. The minimum absolute atomic E-state index is 0.222. The van der Waals surface area contributed by atoms with Crippen molar-refractivity contribution >= 4 is 17.6 Å². The van der Waals surface area contributed by atoms with Gasteiger partial charge in [-0.3, -0.25) is 0 Å². The molecule has 0 unspecified atom stereocenters. The number of benzene rings is 1. The van der Waals surface area contributed by atoms with Crippen LogP contribution in [-0.4, -0.2) is 17.2 Å². The predicted octanol–water partition coefficient (Wildman–Crippen LogP) is 6.23. The van der Waals surface area contributed by atoms with E-state index < -0.39 is 0 Å². The quantitative estimate of drug-likeness (QED) is 0.560. The van der Waals surface area contributed by atoms with Gasteiger partial charge in [-0.15, -0.1) is 0 Å². The highest BCUT2D eigenvalue weighted by Gasteiger charge is 2.16. The van der Waals surface area contributed by atoms with Crippen LogP contribution in [-0.2, 0) is 6.54 Å². The van der Waals surface area contributed by atoms with Gasteiger partial charge in [0.1, 0.15) is 17.5 Å². The van der Waals surface area contributed by atoms with Crippen molar-refractivity contribution < 1.29 is 4.39 Å². The van der Waals surface area contributed by atoms with Crippen molar-refractivity contribution in [3.8, 4) is 0 Å². The Morgan fingerprint density at radius 3 is 2.71 bits per heavy atom. The monoisotopic (exact) mass is 418 g/mol. The SMILES string of the molecule is CCC1=C(c2cccc(NCc3cccc(F)c3)n2)C=C(NC2CCCCC2)N=CC1. The number of pyridine rings is 1. The first-order valence-corrected chi connectivity index (χ1v) is 11.4. The summed E-state index contributed by atoms with van der Waals surface area (Å²) in [5.74, 6) is 1.50. The van der Waals surface area contributed by atoms with Crippen LogP contribution in [0, 0.1) is 5.82 Å². The third kappa shape index (κ3) is 5.81. The van der Waals surface area contributed by atoms with Crippen LogP contribution >= 0.6 is 0 Å². The zero-order chi connectivity index (χ0) is 21.5. The Morgan fingerprint density at radius 1 is 1.06 bits per heavy atom. The van der Waals surface area contributed by atoms with Crippen LogP contribution in [0.1, 0.15) is 63.1 Å². The maximum atomic E-state index is 13.5. The molecule has 0 spiro atoms. The molecule has 1 aromatic carbocycles. The molecule has 5 heteroatoms. The zero-order valence-corrected chi connectivity index (χ0v) is 18.2.